The number of esters is 4. The van der Waals surface area contributed by atoms with Crippen LogP contribution in [0.15, 0.2) is 0 Å². The van der Waals surface area contributed by atoms with E-state index in [1.807, 2.05) is 0 Å². The van der Waals surface area contributed by atoms with Crippen LogP contribution < -0.4 is 0 Å². The molecule has 0 rings (SSSR count). The van der Waals surface area contributed by atoms with Gasteiger partial charge in [0.2, 0.25) is 0 Å². The number of unbranched alkanes of at least 4 members (excludes halogenated alkanes) is 48. The van der Waals surface area contributed by atoms with E-state index >= 15 is 0 Å². The molecule has 0 saturated heterocycles. The topological polar surface area (TPSA) is 237 Å². The molecule has 3 N–H and O–H groups in total. The van der Waals surface area contributed by atoms with Gasteiger partial charge in [-0.05, 0) is 31.6 Å². The second-order valence-electron chi connectivity index (χ2n) is 27.9. The number of aliphatic hydroxyl groups excluding tert-OH is 1. The third kappa shape index (κ3) is 70.3. The van der Waals surface area contributed by atoms with Crippen molar-refractivity contribution in [1.82, 2.24) is 0 Å². The molecule has 0 fully saturated rings. The maximum atomic E-state index is 13.1. The minimum atomic E-state index is -4.96. The van der Waals surface area contributed by atoms with Crippen molar-refractivity contribution >= 4 is 39.5 Å². The van der Waals surface area contributed by atoms with Gasteiger partial charge in [-0.15, -0.1) is 0 Å². The summed E-state index contributed by atoms with van der Waals surface area (Å²) in [5, 5.41) is 10.6. The minimum Gasteiger partial charge on any atom is -0.462 e. The predicted octanol–water partition coefficient (Wildman–Crippen LogP) is 22.5. The van der Waals surface area contributed by atoms with Crippen LogP contribution in [0.5, 0.6) is 0 Å². The molecule has 0 saturated carbocycles. The second kappa shape index (κ2) is 69.2. The Balaban J connectivity index is 5.19. The Morgan fingerprint density at radius 3 is 0.716 bits per heavy atom. The molecule has 95 heavy (non-hydrogen) atoms. The molecule has 0 aromatic carbocycles. The third-order valence-corrected chi connectivity index (χ3v) is 19.7. The van der Waals surface area contributed by atoms with E-state index in [-0.39, 0.29) is 25.7 Å². The van der Waals surface area contributed by atoms with Crippen LogP contribution in [-0.4, -0.2) is 96.7 Å². The molecule has 0 heterocycles. The van der Waals surface area contributed by atoms with Crippen LogP contribution in [-0.2, 0) is 65.4 Å². The van der Waals surface area contributed by atoms with Crippen molar-refractivity contribution in [2.75, 3.05) is 39.6 Å². The second-order valence-corrected chi connectivity index (χ2v) is 30.8. The fraction of sp³-hybridized carbons (Fsp3) is 0.947. The normalized spacial score (nSPS) is 13.9. The minimum absolute atomic E-state index is 0.107. The molecule has 5 atom stereocenters. The van der Waals surface area contributed by atoms with Gasteiger partial charge >= 0.3 is 39.5 Å². The van der Waals surface area contributed by atoms with Crippen LogP contribution in [0.2, 0.25) is 0 Å². The number of ether oxygens (including phenoxy) is 4. The predicted molar refractivity (Wildman–Crippen MR) is 386 cm³/mol. The van der Waals surface area contributed by atoms with Crippen molar-refractivity contribution in [3.05, 3.63) is 0 Å². The maximum absolute atomic E-state index is 13.1. The summed E-state index contributed by atoms with van der Waals surface area (Å²) in [6, 6.07) is 0. The van der Waals surface area contributed by atoms with Gasteiger partial charge in [0.05, 0.1) is 26.4 Å². The maximum Gasteiger partial charge on any atom is 0.472 e. The lowest BCUT2D eigenvalue weighted by atomic mass is 10.0. The van der Waals surface area contributed by atoms with Gasteiger partial charge < -0.3 is 33.8 Å². The SMILES string of the molecule is CCCCCCCCCCCCCCCCCCCCC(=O)OC[C@H](COP(=O)(O)OC[C@@H](O)COP(=O)(O)OC[C@@H](COC(=O)CCCCCCCCCC)OC(=O)CCCCCCCCCCCCC)OC(=O)CCCCCCCCCCCCCCCCCC(C)C. The number of phosphoric ester groups is 2. The molecule has 0 aliphatic heterocycles. The quantitative estimate of drug-likeness (QED) is 0.0222. The Kier molecular flexibility index (Phi) is 67.7. The van der Waals surface area contributed by atoms with Crippen molar-refractivity contribution in [1.29, 1.82) is 0 Å². The lowest BCUT2D eigenvalue weighted by molar-refractivity contribution is -0.161. The molecule has 0 aliphatic carbocycles. The van der Waals surface area contributed by atoms with Crippen LogP contribution in [0.1, 0.15) is 401 Å². The fourth-order valence-electron chi connectivity index (χ4n) is 11.7. The summed E-state index contributed by atoms with van der Waals surface area (Å²) >= 11 is 0. The van der Waals surface area contributed by atoms with Crippen molar-refractivity contribution in [3.63, 3.8) is 0 Å². The Bertz CT molecular complexity index is 1820. The molecule has 17 nitrogen and oxygen atoms in total. The smallest absolute Gasteiger partial charge is 0.462 e. The summed E-state index contributed by atoms with van der Waals surface area (Å²) in [6.45, 7) is 7.29. The monoisotopic (exact) mass is 1400 g/mol. The Morgan fingerprint density at radius 1 is 0.284 bits per heavy atom. The number of carbonyl (C=O) groups is 4. The molecule has 19 heteroatoms. The van der Waals surface area contributed by atoms with Crippen molar-refractivity contribution in [3.8, 4) is 0 Å². The van der Waals surface area contributed by atoms with E-state index in [0.29, 0.717) is 25.7 Å². The van der Waals surface area contributed by atoms with Gasteiger partial charge in [0.1, 0.15) is 19.3 Å². The van der Waals surface area contributed by atoms with E-state index in [2.05, 4.69) is 34.6 Å². The Hall–Kier alpha value is -1.94. The van der Waals surface area contributed by atoms with E-state index in [1.165, 1.54) is 218 Å². The molecule has 0 spiro atoms. The summed E-state index contributed by atoms with van der Waals surface area (Å²) in [5.41, 5.74) is 0. The zero-order valence-electron chi connectivity index (χ0n) is 61.8. The number of hydrogen-bond donors (Lipinski definition) is 3. The summed E-state index contributed by atoms with van der Waals surface area (Å²) < 4.78 is 68.4. The Labute approximate surface area is 581 Å². The van der Waals surface area contributed by atoms with Crippen LogP contribution in [0.25, 0.3) is 0 Å². The molecule has 0 bridgehead atoms. The molecule has 564 valence electrons. The highest BCUT2D eigenvalue weighted by Gasteiger charge is 2.30. The molecular formula is C76H148O17P2. The number of hydrogen-bond acceptors (Lipinski definition) is 15. The first kappa shape index (κ1) is 93.1. The highest BCUT2D eigenvalue weighted by atomic mass is 31.2. The summed E-state index contributed by atoms with van der Waals surface area (Å²) in [5.74, 6) is -1.31. The van der Waals surface area contributed by atoms with Crippen molar-refractivity contribution in [2.24, 2.45) is 5.92 Å². The van der Waals surface area contributed by atoms with Gasteiger partial charge in [0.25, 0.3) is 0 Å². The van der Waals surface area contributed by atoms with Crippen molar-refractivity contribution < 1.29 is 80.2 Å². The number of phosphoric acid groups is 2. The van der Waals surface area contributed by atoms with E-state index in [4.69, 9.17) is 37.0 Å². The van der Waals surface area contributed by atoms with E-state index < -0.39 is 97.5 Å². The molecule has 0 aromatic heterocycles. The van der Waals surface area contributed by atoms with Gasteiger partial charge in [-0.3, -0.25) is 37.3 Å². The molecule has 0 aliphatic rings. The average Bonchev–Trinajstić information content (AvgIpc) is 1.48. The number of rotatable bonds is 76. The Morgan fingerprint density at radius 2 is 0.484 bits per heavy atom. The highest BCUT2D eigenvalue weighted by Crippen LogP contribution is 2.45. The van der Waals surface area contributed by atoms with Crippen LogP contribution in [0.4, 0.5) is 0 Å². The van der Waals surface area contributed by atoms with E-state index in [0.717, 1.165) is 102 Å². The third-order valence-electron chi connectivity index (χ3n) is 17.8. The number of carbonyl (C=O) groups excluding carboxylic acids is 4. The van der Waals surface area contributed by atoms with Gasteiger partial charge in [-0.25, -0.2) is 9.13 Å². The average molecular weight is 1400 g/mol. The molecular weight excluding hydrogens is 1250 g/mol. The molecule has 0 radical (unpaired) electrons. The lowest BCUT2D eigenvalue weighted by Gasteiger charge is -2.21. The summed E-state index contributed by atoms with van der Waals surface area (Å²) in [4.78, 5) is 72.7. The van der Waals surface area contributed by atoms with Crippen LogP contribution >= 0.6 is 15.6 Å². The van der Waals surface area contributed by atoms with Crippen LogP contribution in [0.3, 0.4) is 0 Å². The van der Waals surface area contributed by atoms with Crippen LogP contribution in [0, 0.1) is 5.92 Å². The largest absolute Gasteiger partial charge is 0.472 e. The first-order valence-electron chi connectivity index (χ1n) is 39.6. The first-order chi connectivity index (χ1) is 46.0. The highest BCUT2D eigenvalue weighted by molar-refractivity contribution is 7.47. The molecule has 2 unspecified atom stereocenters. The summed E-state index contributed by atoms with van der Waals surface area (Å²) in [6.07, 6.45) is 58.3. The van der Waals surface area contributed by atoms with Gasteiger partial charge in [0, 0.05) is 25.7 Å². The van der Waals surface area contributed by atoms with E-state index in [9.17, 15) is 43.2 Å². The summed E-state index contributed by atoms with van der Waals surface area (Å²) in [7, 11) is -9.90. The molecule has 0 amide bonds. The van der Waals surface area contributed by atoms with Gasteiger partial charge in [0.15, 0.2) is 12.2 Å². The zero-order chi connectivity index (χ0) is 69.8. The van der Waals surface area contributed by atoms with Gasteiger partial charge in [-0.2, -0.15) is 0 Å². The lowest BCUT2D eigenvalue weighted by Crippen LogP contribution is -2.30. The number of aliphatic hydroxyl groups is 1. The standard InChI is InChI=1S/C76H148O17P2/c1-6-9-12-15-18-21-23-24-25-26-27-30-33-37-40-45-50-55-60-74(79)87-66-72(93-76(81)62-57-52-47-42-38-34-31-28-29-32-36-39-43-48-53-58-69(4)5)68-91-95(84,85)89-64-70(77)63-88-94(82,83)90-67-71(65-86-73(78)59-54-49-44-20-17-14-11-8-3)92-75(80)61-56-51-46-41-35-22-19-16-13-10-7-2/h69-72,77H,6-68H2,1-5H3,(H,82,83)(H,84,85)/t70-,71+,72+/m0/s1. The first-order valence-corrected chi connectivity index (χ1v) is 42.6. The zero-order valence-corrected chi connectivity index (χ0v) is 63.6. The van der Waals surface area contributed by atoms with Crippen molar-refractivity contribution in [2.45, 2.75) is 419 Å². The van der Waals surface area contributed by atoms with Gasteiger partial charge in [-0.1, -0.05) is 349 Å². The molecule has 0 aromatic rings. The fourth-order valence-corrected chi connectivity index (χ4v) is 13.3. The van der Waals surface area contributed by atoms with E-state index in [1.54, 1.807) is 0 Å².